The van der Waals surface area contributed by atoms with E-state index >= 15 is 0 Å². The summed E-state index contributed by atoms with van der Waals surface area (Å²) in [5, 5.41) is 0. The first kappa shape index (κ1) is 14.1. The van der Waals surface area contributed by atoms with E-state index < -0.39 is 8.56 Å². The summed E-state index contributed by atoms with van der Waals surface area (Å²) in [5.41, 5.74) is 0. The maximum absolute atomic E-state index is 5.69. The minimum Gasteiger partial charge on any atom is -0.393 e. The summed E-state index contributed by atoms with van der Waals surface area (Å²) < 4.78 is 11.4. The van der Waals surface area contributed by atoms with Crippen LogP contribution in [-0.4, -0.2) is 31.4 Å². The van der Waals surface area contributed by atoms with Crippen LogP contribution in [0, 0.1) is 0 Å². The normalized spacial score (nSPS) is 17.1. The first-order valence-electron chi connectivity index (χ1n) is 4.39. The van der Waals surface area contributed by atoms with Crippen LogP contribution in [-0.2, 0) is 8.85 Å². The molecule has 13 heavy (non-hydrogen) atoms. The third-order valence-corrected chi connectivity index (χ3v) is 3.57. The Morgan fingerprint density at radius 1 is 1.00 bits per heavy atom. The van der Waals surface area contributed by atoms with Gasteiger partial charge in [-0.1, -0.05) is 45.7 Å². The molecule has 0 saturated carbocycles. The monoisotopic (exact) mass is 332 g/mol. The first-order valence-corrected chi connectivity index (χ1v) is 9.04. The second-order valence-electron chi connectivity index (χ2n) is 3.58. The van der Waals surface area contributed by atoms with Gasteiger partial charge in [-0.2, -0.15) is 0 Å². The lowest BCUT2D eigenvalue weighted by atomic mass is 10.5. The molecule has 0 amide bonds. The largest absolute Gasteiger partial charge is 0.393 e. The van der Waals surface area contributed by atoms with Crippen molar-refractivity contribution in [2.45, 2.75) is 36.6 Å². The minimum absolute atomic E-state index is 0.393. The zero-order chi connectivity index (χ0) is 10.5. The summed E-state index contributed by atoms with van der Waals surface area (Å²) >= 11 is 6.88. The highest BCUT2D eigenvalue weighted by atomic mass is 79.9. The van der Waals surface area contributed by atoms with Crippen molar-refractivity contribution in [2.24, 2.45) is 0 Å². The van der Waals surface area contributed by atoms with Crippen molar-refractivity contribution in [3.8, 4) is 0 Å². The number of rotatable bonds is 6. The van der Waals surface area contributed by atoms with Gasteiger partial charge in [-0.3, -0.25) is 0 Å². The molecule has 0 aromatic carbocycles. The van der Waals surface area contributed by atoms with Gasteiger partial charge in [-0.05, 0) is 13.1 Å². The molecule has 0 fully saturated rings. The van der Waals surface area contributed by atoms with E-state index in [4.69, 9.17) is 8.85 Å². The molecular formula is C8H18Br2O2Si. The maximum atomic E-state index is 5.69. The quantitative estimate of drug-likeness (QED) is 0.548. The van der Waals surface area contributed by atoms with E-state index in [9.17, 15) is 0 Å². The van der Waals surface area contributed by atoms with Gasteiger partial charge in [0.25, 0.3) is 0 Å². The van der Waals surface area contributed by atoms with Crippen LogP contribution in [0.3, 0.4) is 0 Å². The highest BCUT2D eigenvalue weighted by Crippen LogP contribution is 2.11. The highest BCUT2D eigenvalue weighted by Gasteiger charge is 2.25. The van der Waals surface area contributed by atoms with Crippen molar-refractivity contribution in [1.29, 1.82) is 0 Å². The van der Waals surface area contributed by atoms with Crippen molar-refractivity contribution < 1.29 is 8.85 Å². The predicted octanol–water partition coefficient (Wildman–Crippen LogP) is 3.29. The van der Waals surface area contributed by atoms with Gasteiger partial charge < -0.3 is 8.85 Å². The lowest BCUT2D eigenvalue weighted by Crippen LogP contribution is -2.37. The van der Waals surface area contributed by atoms with E-state index in [-0.39, 0.29) is 0 Å². The molecule has 0 aromatic heterocycles. The summed E-state index contributed by atoms with van der Waals surface area (Å²) in [6.45, 7) is 9.70. The summed E-state index contributed by atoms with van der Waals surface area (Å²) in [6, 6.07) is 0. The van der Waals surface area contributed by atoms with Crippen LogP contribution >= 0.6 is 31.9 Å². The summed E-state index contributed by atoms with van der Waals surface area (Å²) in [6.07, 6.45) is 0. The van der Waals surface area contributed by atoms with E-state index in [1.54, 1.807) is 0 Å². The molecule has 0 N–H and O–H groups in total. The van der Waals surface area contributed by atoms with Crippen LogP contribution < -0.4 is 0 Å². The average molecular weight is 334 g/mol. The molecule has 2 nitrogen and oxygen atoms in total. The summed E-state index contributed by atoms with van der Waals surface area (Å²) in [5.74, 6) is 0. The van der Waals surface area contributed by atoms with Gasteiger partial charge in [0.05, 0.1) is 0 Å². The SMILES string of the molecule is CC(Br)CO[Si](C)(C)OCC(C)Br. The Morgan fingerprint density at radius 2 is 1.31 bits per heavy atom. The topological polar surface area (TPSA) is 18.5 Å². The number of alkyl halides is 2. The van der Waals surface area contributed by atoms with Crippen LogP contribution in [0.2, 0.25) is 13.1 Å². The fourth-order valence-electron chi connectivity index (χ4n) is 0.673. The molecular weight excluding hydrogens is 316 g/mol. The van der Waals surface area contributed by atoms with Crippen LogP contribution in [0.25, 0.3) is 0 Å². The Labute approximate surface area is 98.9 Å². The van der Waals surface area contributed by atoms with Crippen molar-refractivity contribution >= 4 is 40.4 Å². The number of hydrogen-bond donors (Lipinski definition) is 0. The van der Waals surface area contributed by atoms with Gasteiger partial charge in [0, 0.05) is 22.9 Å². The fraction of sp³-hybridized carbons (Fsp3) is 1.00. The molecule has 0 aliphatic heterocycles. The first-order chi connectivity index (χ1) is 5.83. The smallest absolute Gasteiger partial charge is 0.331 e. The molecule has 0 bridgehead atoms. The fourth-order valence-corrected chi connectivity index (χ4v) is 2.81. The lowest BCUT2D eigenvalue weighted by molar-refractivity contribution is 0.184. The van der Waals surface area contributed by atoms with Crippen LogP contribution in [0.1, 0.15) is 13.8 Å². The Morgan fingerprint density at radius 3 is 1.54 bits per heavy atom. The summed E-state index contributed by atoms with van der Waals surface area (Å²) in [7, 11) is -1.89. The van der Waals surface area contributed by atoms with Gasteiger partial charge >= 0.3 is 8.56 Å². The Kier molecular flexibility index (Phi) is 7.11. The van der Waals surface area contributed by atoms with Crippen LogP contribution in [0.4, 0.5) is 0 Å². The molecule has 0 heterocycles. The zero-order valence-electron chi connectivity index (χ0n) is 8.64. The van der Waals surface area contributed by atoms with Crippen LogP contribution in [0.5, 0.6) is 0 Å². The number of hydrogen-bond acceptors (Lipinski definition) is 2. The molecule has 0 rings (SSSR count). The molecule has 5 heteroatoms. The van der Waals surface area contributed by atoms with Crippen molar-refractivity contribution in [3.63, 3.8) is 0 Å². The third-order valence-electron chi connectivity index (χ3n) is 1.32. The van der Waals surface area contributed by atoms with Gasteiger partial charge in [0.2, 0.25) is 0 Å². The zero-order valence-corrected chi connectivity index (χ0v) is 12.8. The van der Waals surface area contributed by atoms with Gasteiger partial charge in [-0.25, -0.2) is 0 Å². The van der Waals surface area contributed by atoms with E-state index in [0.29, 0.717) is 9.65 Å². The number of halogens is 2. The molecule has 0 radical (unpaired) electrons. The van der Waals surface area contributed by atoms with Crippen molar-refractivity contribution in [1.82, 2.24) is 0 Å². The Balaban J connectivity index is 3.66. The van der Waals surface area contributed by atoms with E-state index in [2.05, 4.69) is 58.8 Å². The van der Waals surface area contributed by atoms with E-state index in [1.807, 2.05) is 0 Å². The summed E-state index contributed by atoms with van der Waals surface area (Å²) in [4.78, 5) is 0.786. The van der Waals surface area contributed by atoms with Crippen molar-refractivity contribution in [2.75, 3.05) is 13.2 Å². The van der Waals surface area contributed by atoms with E-state index in [0.717, 1.165) is 13.2 Å². The van der Waals surface area contributed by atoms with Crippen molar-refractivity contribution in [3.05, 3.63) is 0 Å². The Bertz CT molecular complexity index is 126. The second-order valence-corrected chi connectivity index (χ2v) is 10.1. The van der Waals surface area contributed by atoms with E-state index in [1.165, 1.54) is 0 Å². The average Bonchev–Trinajstić information content (AvgIpc) is 1.98. The lowest BCUT2D eigenvalue weighted by Gasteiger charge is -2.24. The minimum atomic E-state index is -1.89. The molecule has 2 unspecified atom stereocenters. The molecule has 0 aliphatic carbocycles. The molecule has 0 spiro atoms. The predicted molar refractivity (Wildman–Crippen MR) is 66.2 cm³/mol. The maximum Gasteiger partial charge on any atom is 0.331 e. The Hall–Kier alpha value is 1.10. The molecule has 0 aliphatic rings. The molecule has 0 saturated heterocycles. The van der Waals surface area contributed by atoms with Gasteiger partial charge in [-0.15, -0.1) is 0 Å². The standard InChI is InChI=1S/C8H18Br2O2Si/c1-7(9)5-11-13(3,4)12-6-8(2)10/h7-8H,5-6H2,1-4H3. The molecule has 80 valence electrons. The molecule has 2 atom stereocenters. The second kappa shape index (κ2) is 6.56. The van der Waals surface area contributed by atoms with Gasteiger partial charge in [0.1, 0.15) is 0 Å². The van der Waals surface area contributed by atoms with Crippen LogP contribution in [0.15, 0.2) is 0 Å². The third kappa shape index (κ3) is 9.40. The molecule has 0 aromatic rings. The van der Waals surface area contributed by atoms with Gasteiger partial charge in [0.15, 0.2) is 0 Å². The highest BCUT2D eigenvalue weighted by molar-refractivity contribution is 9.09.